The van der Waals surface area contributed by atoms with Crippen molar-refractivity contribution in [3.63, 3.8) is 0 Å². The Morgan fingerprint density at radius 3 is 2.23 bits per heavy atom. The van der Waals surface area contributed by atoms with Crippen molar-refractivity contribution in [1.29, 1.82) is 0 Å². The quantitative estimate of drug-likeness (QED) is 0.434. The fraction of sp³-hybridized carbons (Fsp3) is 0.412. The molecule has 26 heavy (non-hydrogen) atoms. The molecule has 142 valence electrons. The third-order valence-corrected chi connectivity index (χ3v) is 4.07. The van der Waals surface area contributed by atoms with E-state index in [-0.39, 0.29) is 0 Å². The summed E-state index contributed by atoms with van der Waals surface area (Å²) < 4.78 is 13.5. The number of nitrogens with one attached hydrogen (secondary N) is 1. The van der Waals surface area contributed by atoms with Gasteiger partial charge in [-0.15, -0.1) is 0 Å². The number of para-hydroxylation sites is 1. The van der Waals surface area contributed by atoms with Gasteiger partial charge in [-0.1, -0.05) is 18.2 Å². The molecule has 1 atom stereocenters. The highest BCUT2D eigenvalue weighted by atomic mass is 32.2. The Kier molecular flexibility index (Phi) is 8.11. The fourth-order valence-corrected chi connectivity index (χ4v) is 2.66. The van der Waals surface area contributed by atoms with E-state index in [0.717, 1.165) is 0 Å². The summed E-state index contributed by atoms with van der Waals surface area (Å²) in [4.78, 5) is 46.6. The van der Waals surface area contributed by atoms with Crippen LogP contribution in [-0.2, 0) is 23.9 Å². The van der Waals surface area contributed by atoms with E-state index < -0.39 is 40.7 Å². The van der Waals surface area contributed by atoms with E-state index in [4.69, 9.17) is 9.47 Å². The van der Waals surface area contributed by atoms with E-state index in [9.17, 15) is 19.2 Å². The third-order valence-electron chi connectivity index (χ3n) is 3.03. The van der Waals surface area contributed by atoms with Crippen molar-refractivity contribution in [2.75, 3.05) is 6.79 Å². The molecule has 0 radical (unpaired) electrons. The second-order valence-corrected chi connectivity index (χ2v) is 7.31. The number of carbonyl (C=O) groups is 4. The summed E-state index contributed by atoms with van der Waals surface area (Å²) >= 11 is 0.675. The number of amides is 1. The average Bonchev–Trinajstić information content (AvgIpc) is 2.52. The minimum Gasteiger partial charge on any atom is -0.428 e. The van der Waals surface area contributed by atoms with Gasteiger partial charge in [0, 0.05) is 13.8 Å². The Morgan fingerprint density at radius 2 is 1.69 bits per heavy atom. The molecule has 0 aliphatic carbocycles. The summed E-state index contributed by atoms with van der Waals surface area (Å²) in [5, 5.41) is 1.73. The molecule has 0 aliphatic heterocycles. The van der Waals surface area contributed by atoms with Crippen LogP contribution in [0.5, 0.6) is 5.75 Å². The van der Waals surface area contributed by atoms with Gasteiger partial charge in [0.25, 0.3) is 0 Å². The van der Waals surface area contributed by atoms with Crippen LogP contribution in [0.1, 0.15) is 27.7 Å². The van der Waals surface area contributed by atoms with Gasteiger partial charge in [-0.3, -0.25) is 9.59 Å². The van der Waals surface area contributed by atoms with Gasteiger partial charge in [-0.25, -0.2) is 9.59 Å². The second kappa shape index (κ2) is 9.81. The van der Waals surface area contributed by atoms with Crippen molar-refractivity contribution in [3.8, 4) is 5.75 Å². The normalized spacial score (nSPS) is 11.8. The van der Waals surface area contributed by atoms with Gasteiger partial charge in [0.1, 0.15) is 11.8 Å². The summed E-state index contributed by atoms with van der Waals surface area (Å²) in [6.07, 6.45) is 0. The van der Waals surface area contributed by atoms with Gasteiger partial charge in [0.15, 0.2) is 0 Å². The van der Waals surface area contributed by atoms with Gasteiger partial charge in [0.05, 0.1) is 4.75 Å². The Balaban J connectivity index is 2.81. The lowest BCUT2D eigenvalue weighted by Gasteiger charge is -2.31. The number of benzene rings is 1. The van der Waals surface area contributed by atoms with Crippen molar-refractivity contribution in [3.05, 3.63) is 30.3 Å². The summed E-state index contributed by atoms with van der Waals surface area (Å²) in [5.41, 5.74) is 0. The van der Waals surface area contributed by atoms with E-state index >= 15 is 0 Å². The molecule has 0 spiro atoms. The first-order valence-corrected chi connectivity index (χ1v) is 8.46. The molecule has 0 heterocycles. The SMILES string of the molecule is CC(=O)N[C@@H](C(=O)Oc1ccccc1)C(C)(C)SC(=O)OCOC(C)=O. The standard InChI is InChI=1S/C17H21NO7S/c1-11(19)18-14(15(21)25-13-8-6-5-7-9-13)17(3,4)26-16(22)24-10-23-12(2)20/h5-9,14H,10H2,1-4H3,(H,18,19)/t14-/m0/s1. The number of esters is 2. The number of hydrogen-bond acceptors (Lipinski definition) is 8. The molecular formula is C17H21NO7S. The lowest BCUT2D eigenvalue weighted by molar-refractivity contribution is -0.148. The number of rotatable bonds is 7. The van der Waals surface area contributed by atoms with Crippen molar-refractivity contribution < 1.29 is 33.4 Å². The molecular weight excluding hydrogens is 362 g/mol. The average molecular weight is 383 g/mol. The topological polar surface area (TPSA) is 108 Å². The van der Waals surface area contributed by atoms with E-state index in [2.05, 4.69) is 10.1 Å². The maximum absolute atomic E-state index is 12.5. The summed E-state index contributed by atoms with van der Waals surface area (Å²) in [6.45, 7) is 5.06. The highest BCUT2D eigenvalue weighted by Gasteiger charge is 2.40. The Morgan fingerprint density at radius 1 is 1.08 bits per heavy atom. The summed E-state index contributed by atoms with van der Waals surface area (Å²) in [7, 11) is 0. The largest absolute Gasteiger partial charge is 0.428 e. The Labute approximate surface area is 155 Å². The lowest BCUT2D eigenvalue weighted by Crippen LogP contribution is -2.54. The van der Waals surface area contributed by atoms with Crippen molar-refractivity contribution in [2.24, 2.45) is 0 Å². The van der Waals surface area contributed by atoms with Gasteiger partial charge in [-0.2, -0.15) is 0 Å². The number of thioether (sulfide) groups is 1. The van der Waals surface area contributed by atoms with Crippen LogP contribution in [0.2, 0.25) is 0 Å². The zero-order valence-corrected chi connectivity index (χ0v) is 15.8. The number of carbonyl (C=O) groups excluding carboxylic acids is 4. The molecule has 0 aromatic heterocycles. The maximum Gasteiger partial charge on any atom is 0.370 e. The van der Waals surface area contributed by atoms with Crippen molar-refractivity contribution >= 4 is 34.9 Å². The van der Waals surface area contributed by atoms with Crippen LogP contribution in [0.4, 0.5) is 4.79 Å². The minimum absolute atomic E-state index is 0.311. The molecule has 0 bridgehead atoms. The van der Waals surface area contributed by atoms with Crippen LogP contribution in [-0.4, -0.2) is 40.7 Å². The van der Waals surface area contributed by atoms with Gasteiger partial charge in [0.2, 0.25) is 12.7 Å². The summed E-state index contributed by atoms with van der Waals surface area (Å²) in [5.74, 6) is -1.46. The van der Waals surface area contributed by atoms with E-state index in [1.165, 1.54) is 13.8 Å². The highest BCUT2D eigenvalue weighted by Crippen LogP contribution is 2.31. The van der Waals surface area contributed by atoms with Crippen LogP contribution in [0.3, 0.4) is 0 Å². The second-order valence-electron chi connectivity index (χ2n) is 5.72. The first-order chi connectivity index (χ1) is 12.1. The molecule has 1 N–H and O–H groups in total. The number of ether oxygens (including phenoxy) is 3. The predicted octanol–water partition coefficient (Wildman–Crippen LogP) is 2.27. The van der Waals surface area contributed by atoms with E-state index in [0.29, 0.717) is 17.5 Å². The van der Waals surface area contributed by atoms with Gasteiger partial charge < -0.3 is 19.5 Å². The molecule has 0 aliphatic rings. The predicted molar refractivity (Wildman–Crippen MR) is 94.5 cm³/mol. The molecule has 0 unspecified atom stereocenters. The molecule has 1 rings (SSSR count). The van der Waals surface area contributed by atoms with Crippen LogP contribution < -0.4 is 10.1 Å². The van der Waals surface area contributed by atoms with Crippen LogP contribution in [0.15, 0.2) is 30.3 Å². The third kappa shape index (κ3) is 7.56. The molecule has 0 saturated heterocycles. The molecule has 1 aromatic carbocycles. The molecule has 8 nitrogen and oxygen atoms in total. The van der Waals surface area contributed by atoms with Crippen LogP contribution in [0.25, 0.3) is 0 Å². The minimum atomic E-state index is -1.12. The Bertz CT molecular complexity index is 660. The van der Waals surface area contributed by atoms with E-state index in [1.807, 2.05) is 0 Å². The first-order valence-electron chi connectivity index (χ1n) is 7.65. The van der Waals surface area contributed by atoms with Crippen LogP contribution >= 0.6 is 11.8 Å². The number of hydrogen-bond donors (Lipinski definition) is 1. The first kappa shape index (κ1) is 21.5. The summed E-state index contributed by atoms with van der Waals surface area (Å²) in [6, 6.07) is 7.23. The smallest absolute Gasteiger partial charge is 0.370 e. The molecule has 0 saturated carbocycles. The van der Waals surface area contributed by atoms with Crippen molar-refractivity contribution in [2.45, 2.75) is 38.5 Å². The fourth-order valence-electron chi connectivity index (χ4n) is 1.85. The maximum atomic E-state index is 12.5. The molecule has 1 amide bonds. The lowest BCUT2D eigenvalue weighted by atomic mass is 10.0. The van der Waals surface area contributed by atoms with Crippen molar-refractivity contribution in [1.82, 2.24) is 5.32 Å². The zero-order chi connectivity index (χ0) is 19.7. The Hall–Kier alpha value is -2.55. The van der Waals surface area contributed by atoms with Gasteiger partial charge in [-0.05, 0) is 37.7 Å². The molecule has 0 fully saturated rings. The molecule has 1 aromatic rings. The highest BCUT2D eigenvalue weighted by molar-refractivity contribution is 8.14. The zero-order valence-electron chi connectivity index (χ0n) is 14.9. The molecule has 9 heteroatoms. The monoisotopic (exact) mass is 383 g/mol. The van der Waals surface area contributed by atoms with Crippen LogP contribution in [0, 0.1) is 0 Å². The van der Waals surface area contributed by atoms with Gasteiger partial charge >= 0.3 is 17.2 Å². The van der Waals surface area contributed by atoms with E-state index in [1.54, 1.807) is 44.2 Å².